The van der Waals surface area contributed by atoms with Crippen molar-refractivity contribution in [2.24, 2.45) is 11.8 Å². The van der Waals surface area contributed by atoms with Crippen molar-refractivity contribution in [2.45, 2.75) is 12.8 Å². The van der Waals surface area contributed by atoms with Crippen LogP contribution < -0.4 is 4.57 Å². The molecule has 94 valence electrons. The fourth-order valence-corrected chi connectivity index (χ4v) is 2.21. The van der Waals surface area contributed by atoms with Crippen LogP contribution in [0.25, 0.3) is 5.70 Å². The summed E-state index contributed by atoms with van der Waals surface area (Å²) in [5.41, 5.74) is 0.834. The van der Waals surface area contributed by atoms with Gasteiger partial charge in [-0.15, -0.1) is 0 Å². The lowest BCUT2D eigenvalue weighted by atomic mass is 9.81. The summed E-state index contributed by atoms with van der Waals surface area (Å²) in [4.78, 5) is 22.2. The Morgan fingerprint density at radius 3 is 2.22 bits per heavy atom. The minimum absolute atomic E-state index is 0.237. The summed E-state index contributed by atoms with van der Waals surface area (Å²) in [7, 11) is 0. The van der Waals surface area contributed by atoms with E-state index in [1.54, 1.807) is 6.08 Å². The van der Waals surface area contributed by atoms with Crippen LogP contribution >= 0.6 is 0 Å². The van der Waals surface area contributed by atoms with Gasteiger partial charge in [-0.05, 0) is 12.5 Å². The molecule has 1 heterocycles. The van der Waals surface area contributed by atoms with Gasteiger partial charge in [0.1, 0.15) is 0 Å². The van der Waals surface area contributed by atoms with E-state index in [0.29, 0.717) is 0 Å². The molecule has 0 spiro atoms. The Morgan fingerprint density at radius 2 is 1.67 bits per heavy atom. The zero-order chi connectivity index (χ0) is 13.1. The highest BCUT2D eigenvalue weighted by Gasteiger charge is 2.38. The van der Waals surface area contributed by atoms with Gasteiger partial charge in [-0.3, -0.25) is 9.59 Å². The minimum Gasteiger partial charge on any atom is -0.481 e. The zero-order valence-corrected chi connectivity index (χ0v) is 9.69. The molecule has 0 unspecified atom stereocenters. The number of hydrogen-bond donors (Lipinski definition) is 2. The van der Waals surface area contributed by atoms with Crippen LogP contribution in [0.4, 0.5) is 0 Å². The number of carboxylic acid groups (broad SMARTS) is 2. The van der Waals surface area contributed by atoms with Crippen molar-refractivity contribution in [3.8, 4) is 0 Å². The largest absolute Gasteiger partial charge is 0.481 e. The van der Waals surface area contributed by atoms with Crippen LogP contribution in [-0.2, 0) is 9.59 Å². The molecule has 2 rings (SSSR count). The summed E-state index contributed by atoms with van der Waals surface area (Å²) in [6.45, 7) is 0. The number of aliphatic carboxylic acids is 2. The molecule has 5 nitrogen and oxygen atoms in total. The SMILES string of the molecule is O=C(O)[C@H]1CC=C([n+]2ccccc2)C[C@H]1C(=O)O. The molecule has 0 aromatic carbocycles. The molecule has 1 aromatic heterocycles. The van der Waals surface area contributed by atoms with Gasteiger partial charge in [0.25, 0.3) is 0 Å². The first-order valence-electron chi connectivity index (χ1n) is 5.71. The van der Waals surface area contributed by atoms with Crippen molar-refractivity contribution in [1.82, 2.24) is 0 Å². The third-order valence-electron chi connectivity index (χ3n) is 3.20. The second-order valence-corrected chi connectivity index (χ2v) is 4.31. The monoisotopic (exact) mass is 248 g/mol. The maximum absolute atomic E-state index is 11.1. The smallest absolute Gasteiger partial charge is 0.307 e. The van der Waals surface area contributed by atoms with E-state index in [9.17, 15) is 9.59 Å². The molecule has 2 N–H and O–H groups in total. The summed E-state index contributed by atoms with van der Waals surface area (Å²) < 4.78 is 1.83. The summed E-state index contributed by atoms with van der Waals surface area (Å²) in [6, 6.07) is 5.56. The van der Waals surface area contributed by atoms with Gasteiger partial charge in [-0.2, -0.15) is 4.57 Å². The van der Waals surface area contributed by atoms with E-state index in [4.69, 9.17) is 10.2 Å². The Hall–Kier alpha value is -2.17. The predicted octanol–water partition coefficient (Wildman–Crippen LogP) is 1.01. The van der Waals surface area contributed by atoms with Gasteiger partial charge in [0, 0.05) is 18.6 Å². The molecular formula is C13H14NO4+. The molecule has 0 bridgehead atoms. The van der Waals surface area contributed by atoms with E-state index in [2.05, 4.69) is 0 Å². The molecule has 1 aliphatic carbocycles. The van der Waals surface area contributed by atoms with Crippen molar-refractivity contribution in [2.75, 3.05) is 0 Å². The van der Waals surface area contributed by atoms with Crippen LogP contribution in [-0.4, -0.2) is 22.2 Å². The summed E-state index contributed by atoms with van der Waals surface area (Å²) >= 11 is 0. The first-order valence-corrected chi connectivity index (χ1v) is 5.71. The molecule has 18 heavy (non-hydrogen) atoms. The van der Waals surface area contributed by atoms with Crippen molar-refractivity contribution in [3.05, 3.63) is 36.7 Å². The first kappa shape index (κ1) is 12.3. The molecule has 5 heteroatoms. The van der Waals surface area contributed by atoms with E-state index in [0.717, 1.165) is 5.70 Å². The van der Waals surface area contributed by atoms with Gasteiger partial charge in [0.15, 0.2) is 18.1 Å². The van der Waals surface area contributed by atoms with Crippen molar-refractivity contribution in [1.29, 1.82) is 0 Å². The Balaban J connectivity index is 2.27. The second-order valence-electron chi connectivity index (χ2n) is 4.31. The lowest BCUT2D eigenvalue weighted by Crippen LogP contribution is -2.39. The van der Waals surface area contributed by atoms with Crippen LogP contribution in [0.1, 0.15) is 12.8 Å². The third-order valence-corrected chi connectivity index (χ3v) is 3.20. The molecule has 1 aliphatic rings. The topological polar surface area (TPSA) is 78.5 Å². The maximum atomic E-state index is 11.1. The Bertz CT molecular complexity index is 495. The van der Waals surface area contributed by atoms with Crippen molar-refractivity contribution < 1.29 is 24.4 Å². The maximum Gasteiger partial charge on any atom is 0.307 e. The normalized spacial score (nSPS) is 23.2. The van der Waals surface area contributed by atoms with Crippen molar-refractivity contribution >= 4 is 17.6 Å². The Labute approximate surface area is 104 Å². The highest BCUT2D eigenvalue weighted by Crippen LogP contribution is 2.30. The number of rotatable bonds is 3. The van der Waals surface area contributed by atoms with Crippen LogP contribution in [0.3, 0.4) is 0 Å². The Morgan fingerprint density at radius 1 is 1.06 bits per heavy atom. The molecule has 2 atom stereocenters. The molecular weight excluding hydrogens is 234 g/mol. The number of allylic oxidation sites excluding steroid dienone is 2. The number of carboxylic acids is 2. The fraction of sp³-hybridized carbons (Fsp3) is 0.308. The summed E-state index contributed by atoms with van der Waals surface area (Å²) in [6.07, 6.45) is 5.94. The van der Waals surface area contributed by atoms with E-state index in [1.165, 1.54) is 0 Å². The zero-order valence-electron chi connectivity index (χ0n) is 9.69. The lowest BCUT2D eigenvalue weighted by Gasteiger charge is -2.22. The first-order chi connectivity index (χ1) is 8.59. The standard InChI is InChI=1S/C13H13NO4/c15-12(16)10-5-4-9(8-11(10)13(17)18)14-6-2-1-3-7-14/h1-4,6-7,10-11H,5,8H2,(H-,15,16,17,18)/p+1/t10-,11+/m0/s1. The van der Waals surface area contributed by atoms with Crippen LogP contribution in [0.15, 0.2) is 36.7 Å². The van der Waals surface area contributed by atoms with Crippen molar-refractivity contribution in [3.63, 3.8) is 0 Å². The van der Waals surface area contributed by atoms with Crippen LogP contribution in [0.2, 0.25) is 0 Å². The van der Waals surface area contributed by atoms with E-state index in [1.807, 2.05) is 35.2 Å². The van der Waals surface area contributed by atoms with Gasteiger partial charge in [0.2, 0.25) is 0 Å². The average Bonchev–Trinajstić information content (AvgIpc) is 2.39. The molecule has 0 fully saturated rings. The average molecular weight is 248 g/mol. The van der Waals surface area contributed by atoms with Gasteiger partial charge in [0.05, 0.1) is 11.8 Å². The van der Waals surface area contributed by atoms with Gasteiger partial charge < -0.3 is 10.2 Å². The molecule has 0 amide bonds. The minimum atomic E-state index is -1.05. The van der Waals surface area contributed by atoms with E-state index in [-0.39, 0.29) is 12.8 Å². The summed E-state index contributed by atoms with van der Waals surface area (Å²) in [5.74, 6) is -3.80. The number of nitrogens with zero attached hydrogens (tertiary/aromatic N) is 1. The number of aromatic nitrogens is 1. The van der Waals surface area contributed by atoms with Crippen LogP contribution in [0.5, 0.6) is 0 Å². The molecule has 0 radical (unpaired) electrons. The lowest BCUT2D eigenvalue weighted by molar-refractivity contribution is -0.584. The Kier molecular flexibility index (Phi) is 3.41. The number of pyridine rings is 1. The highest BCUT2D eigenvalue weighted by atomic mass is 16.4. The number of hydrogen-bond acceptors (Lipinski definition) is 2. The van der Waals surface area contributed by atoms with Gasteiger partial charge in [-0.25, -0.2) is 0 Å². The van der Waals surface area contributed by atoms with Crippen LogP contribution in [0, 0.1) is 11.8 Å². The van der Waals surface area contributed by atoms with E-state index < -0.39 is 23.8 Å². The summed E-state index contributed by atoms with van der Waals surface area (Å²) in [5, 5.41) is 18.1. The third kappa shape index (κ3) is 2.40. The van der Waals surface area contributed by atoms with Gasteiger partial charge >= 0.3 is 11.9 Å². The molecule has 0 aliphatic heterocycles. The van der Waals surface area contributed by atoms with E-state index >= 15 is 0 Å². The second kappa shape index (κ2) is 5.00. The fourth-order valence-electron chi connectivity index (χ4n) is 2.21. The number of carbonyl (C=O) groups is 2. The quantitative estimate of drug-likeness (QED) is 0.782. The molecule has 0 saturated carbocycles. The molecule has 1 aromatic rings. The van der Waals surface area contributed by atoms with Gasteiger partial charge in [-0.1, -0.05) is 6.07 Å². The molecule has 0 saturated heterocycles. The predicted molar refractivity (Wildman–Crippen MR) is 62.4 cm³/mol. The highest BCUT2D eigenvalue weighted by molar-refractivity contribution is 5.81.